The SMILES string of the molecule is CC(C)C[C@H](N)C(=O)N[C@H](C(=O)N[C@H](C(=O)O)[C@H]1O[C@@H](n2cc(CO)c(=O)[nH]c2=O)[C@H](O)[C@@H]1O)[C@H](O)[C@@H](O)COC(N)=O. The fraction of sp³-hybridized carbons (Fsp3) is 0.652. The Morgan fingerprint density at radius 2 is 1.74 bits per heavy atom. The first-order valence-electron chi connectivity index (χ1n) is 12.8. The van der Waals surface area contributed by atoms with Gasteiger partial charge in [-0.15, -0.1) is 0 Å². The molecule has 13 N–H and O–H groups in total. The van der Waals surface area contributed by atoms with Crippen LogP contribution >= 0.6 is 0 Å². The number of carboxylic acids is 1. The fourth-order valence-corrected chi connectivity index (χ4v) is 4.22. The van der Waals surface area contributed by atoms with Crippen LogP contribution in [0.15, 0.2) is 15.8 Å². The third kappa shape index (κ3) is 8.79. The number of nitrogens with one attached hydrogen (secondary N) is 3. The topological polar surface area (TPSA) is 339 Å². The van der Waals surface area contributed by atoms with Gasteiger partial charge in [0.2, 0.25) is 11.8 Å². The Morgan fingerprint density at radius 3 is 2.28 bits per heavy atom. The van der Waals surface area contributed by atoms with Crippen molar-refractivity contribution in [2.24, 2.45) is 17.4 Å². The van der Waals surface area contributed by atoms with Crippen molar-refractivity contribution in [1.29, 1.82) is 0 Å². The van der Waals surface area contributed by atoms with Crippen molar-refractivity contribution in [3.8, 4) is 0 Å². The van der Waals surface area contributed by atoms with Gasteiger partial charge in [-0.3, -0.25) is 23.9 Å². The molecule has 43 heavy (non-hydrogen) atoms. The lowest BCUT2D eigenvalue weighted by molar-refractivity contribution is -0.151. The Balaban J connectivity index is 2.37. The molecule has 1 aromatic heterocycles. The Labute approximate surface area is 242 Å². The third-order valence-corrected chi connectivity index (χ3v) is 6.43. The van der Waals surface area contributed by atoms with E-state index in [4.69, 9.17) is 16.2 Å². The predicted molar refractivity (Wildman–Crippen MR) is 140 cm³/mol. The van der Waals surface area contributed by atoms with Gasteiger partial charge < -0.3 is 62.2 Å². The number of hydrogen-bond acceptors (Lipinski definition) is 14. The molecule has 2 rings (SSSR count). The number of aliphatic hydroxyl groups excluding tert-OH is 5. The number of carboxylic acid groups (broad SMARTS) is 1. The first-order chi connectivity index (χ1) is 20.0. The van der Waals surface area contributed by atoms with Crippen LogP contribution in [-0.2, 0) is 30.5 Å². The van der Waals surface area contributed by atoms with E-state index in [0.29, 0.717) is 4.57 Å². The molecule has 1 aliphatic rings. The minimum Gasteiger partial charge on any atom is -0.480 e. The van der Waals surface area contributed by atoms with E-state index < -0.39 is 103 Å². The number of primary amides is 1. The van der Waals surface area contributed by atoms with E-state index in [2.05, 4.69) is 10.1 Å². The van der Waals surface area contributed by atoms with Gasteiger partial charge in [0.05, 0.1) is 18.2 Å². The van der Waals surface area contributed by atoms with Crippen molar-refractivity contribution >= 4 is 23.9 Å². The summed E-state index contributed by atoms with van der Waals surface area (Å²) in [4.78, 5) is 74.9. The van der Waals surface area contributed by atoms with Crippen LogP contribution in [0.4, 0.5) is 4.79 Å². The number of aliphatic hydroxyl groups is 5. The molecule has 0 aromatic carbocycles. The smallest absolute Gasteiger partial charge is 0.404 e. The summed E-state index contributed by atoms with van der Waals surface area (Å²) in [6.45, 7) is 1.73. The predicted octanol–water partition coefficient (Wildman–Crippen LogP) is -6.11. The fourth-order valence-electron chi connectivity index (χ4n) is 4.22. The van der Waals surface area contributed by atoms with Crippen molar-refractivity contribution < 1.29 is 59.3 Å². The van der Waals surface area contributed by atoms with Gasteiger partial charge >= 0.3 is 17.8 Å². The second-order valence-electron chi connectivity index (χ2n) is 10.2. The van der Waals surface area contributed by atoms with Gasteiger partial charge in [-0.25, -0.2) is 14.4 Å². The molecule has 0 saturated carbocycles. The maximum absolute atomic E-state index is 13.2. The molecule has 1 aliphatic heterocycles. The van der Waals surface area contributed by atoms with Crippen LogP contribution in [0.5, 0.6) is 0 Å². The number of amides is 3. The molecule has 2 heterocycles. The number of carbonyl (C=O) groups excluding carboxylic acids is 3. The summed E-state index contributed by atoms with van der Waals surface area (Å²) in [6, 6.07) is -5.53. The highest BCUT2D eigenvalue weighted by atomic mass is 16.6. The number of H-pyrrole nitrogens is 1. The van der Waals surface area contributed by atoms with Gasteiger partial charge in [0.15, 0.2) is 12.3 Å². The zero-order valence-corrected chi connectivity index (χ0v) is 23.0. The van der Waals surface area contributed by atoms with Crippen LogP contribution in [-0.4, -0.2) is 119 Å². The summed E-state index contributed by atoms with van der Waals surface area (Å²) < 4.78 is 10.4. The Bertz CT molecular complexity index is 1280. The molecule has 9 atom stereocenters. The number of aliphatic carboxylic acids is 1. The van der Waals surface area contributed by atoms with Gasteiger partial charge in [0.1, 0.15) is 43.2 Å². The maximum Gasteiger partial charge on any atom is 0.404 e. The van der Waals surface area contributed by atoms with E-state index >= 15 is 0 Å². The monoisotopic (exact) mass is 620 g/mol. The number of hydrogen-bond donors (Lipinski definition) is 11. The lowest BCUT2D eigenvalue weighted by atomic mass is 9.99. The average Bonchev–Trinajstić information content (AvgIpc) is 3.21. The normalized spacial score (nSPS) is 23.6. The zero-order chi connectivity index (χ0) is 32.8. The largest absolute Gasteiger partial charge is 0.480 e. The highest BCUT2D eigenvalue weighted by molar-refractivity contribution is 5.92. The van der Waals surface area contributed by atoms with Crippen molar-refractivity contribution in [3.05, 3.63) is 32.6 Å². The van der Waals surface area contributed by atoms with Gasteiger partial charge in [0.25, 0.3) is 5.56 Å². The summed E-state index contributed by atoms with van der Waals surface area (Å²) in [5, 5.41) is 65.2. The average molecular weight is 621 g/mol. The van der Waals surface area contributed by atoms with Gasteiger partial charge in [0, 0.05) is 6.20 Å². The number of ether oxygens (including phenoxy) is 2. The third-order valence-electron chi connectivity index (χ3n) is 6.43. The highest BCUT2D eigenvalue weighted by Gasteiger charge is 2.51. The number of nitrogens with two attached hydrogens (primary N) is 2. The van der Waals surface area contributed by atoms with Crippen LogP contribution in [0.1, 0.15) is 32.1 Å². The highest BCUT2D eigenvalue weighted by Crippen LogP contribution is 2.30. The molecule has 20 heteroatoms. The van der Waals surface area contributed by atoms with Crippen LogP contribution in [0.3, 0.4) is 0 Å². The summed E-state index contributed by atoms with van der Waals surface area (Å²) >= 11 is 0. The lowest BCUT2D eigenvalue weighted by Crippen LogP contribution is -2.63. The molecule has 0 aliphatic carbocycles. The minimum atomic E-state index is -2.23. The van der Waals surface area contributed by atoms with E-state index in [-0.39, 0.29) is 17.9 Å². The molecule has 3 amide bonds. The molecule has 0 radical (unpaired) electrons. The number of carbonyl (C=O) groups is 4. The zero-order valence-electron chi connectivity index (χ0n) is 23.0. The molecule has 1 saturated heterocycles. The molecule has 1 aromatic rings. The van der Waals surface area contributed by atoms with Crippen molar-refractivity contribution in [2.75, 3.05) is 6.61 Å². The van der Waals surface area contributed by atoms with E-state index in [9.17, 15) is 59.4 Å². The van der Waals surface area contributed by atoms with E-state index in [0.717, 1.165) is 6.20 Å². The van der Waals surface area contributed by atoms with Crippen LogP contribution in [0.2, 0.25) is 0 Å². The minimum absolute atomic E-state index is 0.0762. The van der Waals surface area contributed by atoms with E-state index in [1.54, 1.807) is 13.8 Å². The summed E-state index contributed by atoms with van der Waals surface area (Å²) in [6.07, 6.45) is -12.5. The van der Waals surface area contributed by atoms with Crippen LogP contribution < -0.4 is 33.3 Å². The molecule has 242 valence electrons. The second kappa shape index (κ2) is 15.0. The molecule has 1 fully saturated rings. The molecule has 0 bridgehead atoms. The lowest BCUT2D eigenvalue weighted by Gasteiger charge is -2.30. The van der Waals surface area contributed by atoms with Crippen LogP contribution in [0, 0.1) is 5.92 Å². The van der Waals surface area contributed by atoms with Gasteiger partial charge in [-0.2, -0.15) is 0 Å². The molecular formula is C23H36N6O14. The van der Waals surface area contributed by atoms with Crippen LogP contribution in [0.25, 0.3) is 0 Å². The van der Waals surface area contributed by atoms with Gasteiger partial charge in [-0.05, 0) is 12.3 Å². The Morgan fingerprint density at radius 1 is 1.12 bits per heavy atom. The first kappa shape index (κ1) is 35.3. The number of rotatable bonds is 14. The van der Waals surface area contributed by atoms with E-state index in [1.165, 1.54) is 0 Å². The molecular weight excluding hydrogens is 584 g/mol. The number of aromatic amines is 1. The Hall–Kier alpha value is -3.92. The second-order valence-corrected chi connectivity index (χ2v) is 10.2. The van der Waals surface area contributed by atoms with E-state index in [1.807, 2.05) is 10.3 Å². The summed E-state index contributed by atoms with van der Waals surface area (Å²) in [5.41, 5.74) is 8.22. The maximum atomic E-state index is 13.2. The van der Waals surface area contributed by atoms with Crippen molar-refractivity contribution in [3.63, 3.8) is 0 Å². The molecule has 0 spiro atoms. The first-order valence-corrected chi connectivity index (χ1v) is 12.8. The van der Waals surface area contributed by atoms with Crippen molar-refractivity contribution in [1.82, 2.24) is 20.2 Å². The number of nitrogens with zero attached hydrogens (tertiary/aromatic N) is 1. The van der Waals surface area contributed by atoms with Gasteiger partial charge in [-0.1, -0.05) is 13.8 Å². The standard InChI is InChI=1S/C23H36N6O14/c1-7(2)3-9(24)18(36)26-11(13(32)10(31)6-42-22(25)40)19(37)27-12(21(38)39)16-14(33)15(34)20(43-16)29-4-8(5-30)17(35)28-23(29)41/h4,7,9-16,20,30-34H,3,5-6,24H2,1-2H3,(H2,25,40)(H,26,36)(H,27,37)(H,38,39)(H,28,35,41)/t9-,10-,11-,12-,13+,14-,15+,16+,20+/m0/s1. The summed E-state index contributed by atoms with van der Waals surface area (Å²) in [5.74, 6) is -4.34. The Kier molecular flexibility index (Phi) is 12.3. The number of aromatic nitrogens is 2. The molecule has 0 unspecified atom stereocenters. The quantitative estimate of drug-likeness (QED) is 0.0921. The summed E-state index contributed by atoms with van der Waals surface area (Å²) in [7, 11) is 0. The molecule has 20 nitrogen and oxygen atoms in total. The van der Waals surface area contributed by atoms with Crippen molar-refractivity contribution in [2.45, 2.75) is 81.7 Å².